The molecule has 1 aliphatic heterocycles. The molecule has 0 atom stereocenters. The largest absolute Gasteiger partial charge is 0.377 e. The summed E-state index contributed by atoms with van der Waals surface area (Å²) in [6.45, 7) is 0. The number of rotatable bonds is 0. The molecule has 0 unspecified atom stereocenters. The quantitative estimate of drug-likeness (QED) is 0.362. The van der Waals surface area contributed by atoms with Gasteiger partial charge in [-0.25, -0.2) is 0 Å². The van der Waals surface area contributed by atoms with E-state index < -0.39 is 20.2 Å². The van der Waals surface area contributed by atoms with Crippen molar-refractivity contribution in [2.45, 2.75) is 9.79 Å². The second kappa shape index (κ2) is 5.49. The lowest BCUT2D eigenvalue weighted by atomic mass is 10.3. The molecule has 0 aliphatic carbocycles. The fourth-order valence-electron chi connectivity index (χ4n) is 1.85. The molecule has 116 valence electrons. The van der Waals surface area contributed by atoms with E-state index in [9.17, 15) is 16.8 Å². The summed E-state index contributed by atoms with van der Waals surface area (Å²) in [6, 6.07) is 8.33. The Morgan fingerprint density at radius 1 is 0.818 bits per heavy atom. The highest BCUT2D eigenvalue weighted by atomic mass is 127. The fourth-order valence-corrected chi connectivity index (χ4v) is 6.66. The molecule has 6 nitrogen and oxygen atoms in total. The minimum atomic E-state index is -4.21. The lowest BCUT2D eigenvalue weighted by Crippen LogP contribution is -2.21. The standard InChI is InChI=1S/C12H6I2O6S2/c13-7-5-8(14)12-11(6-7)22(17,18)19-9-3-1-2-4-10(9)21(15,16)20-12/h1-6H. The summed E-state index contributed by atoms with van der Waals surface area (Å²) in [5.41, 5.74) is 0. The first-order valence-electron chi connectivity index (χ1n) is 5.68. The van der Waals surface area contributed by atoms with Gasteiger partial charge in [0.2, 0.25) is 0 Å². The van der Waals surface area contributed by atoms with E-state index in [1.54, 1.807) is 6.07 Å². The summed E-state index contributed by atoms with van der Waals surface area (Å²) < 4.78 is 60.6. The van der Waals surface area contributed by atoms with Crippen molar-refractivity contribution in [1.29, 1.82) is 0 Å². The third kappa shape index (κ3) is 2.80. The van der Waals surface area contributed by atoms with Crippen molar-refractivity contribution < 1.29 is 25.2 Å². The monoisotopic (exact) mass is 564 g/mol. The SMILES string of the molecule is O=S1(=O)Oc2c(I)cc(I)cc2S(=O)(=O)Oc2ccccc21. The molecule has 0 bridgehead atoms. The predicted molar refractivity (Wildman–Crippen MR) is 93.9 cm³/mol. The van der Waals surface area contributed by atoms with Gasteiger partial charge in [-0.05, 0) is 69.4 Å². The summed E-state index contributed by atoms with van der Waals surface area (Å²) in [7, 11) is -8.41. The number of halogens is 2. The molecule has 10 heteroatoms. The summed E-state index contributed by atoms with van der Waals surface area (Å²) in [4.78, 5) is -0.652. The molecule has 0 saturated heterocycles. The minimum absolute atomic E-state index is 0.254. The van der Waals surface area contributed by atoms with Gasteiger partial charge in [-0.3, -0.25) is 0 Å². The van der Waals surface area contributed by atoms with Crippen LogP contribution in [-0.4, -0.2) is 16.8 Å². The summed E-state index contributed by atoms with van der Waals surface area (Å²) in [5.74, 6) is -0.544. The highest BCUT2D eigenvalue weighted by molar-refractivity contribution is 14.1. The molecule has 0 spiro atoms. The van der Waals surface area contributed by atoms with Crippen LogP contribution in [0.15, 0.2) is 46.2 Å². The first-order chi connectivity index (χ1) is 10.2. The maximum atomic E-state index is 12.4. The Hall–Kier alpha value is -0.600. The number of hydrogen-bond donors (Lipinski definition) is 0. The maximum Gasteiger partial charge on any atom is 0.343 e. The molecule has 3 rings (SSSR count). The molecule has 0 saturated carbocycles. The molecule has 0 N–H and O–H groups in total. The first-order valence-corrected chi connectivity index (χ1v) is 10.7. The topological polar surface area (TPSA) is 86.7 Å². The van der Waals surface area contributed by atoms with Crippen LogP contribution in [0.1, 0.15) is 0 Å². The summed E-state index contributed by atoms with van der Waals surface area (Å²) in [5, 5.41) is 0. The van der Waals surface area contributed by atoms with Gasteiger partial charge in [0.05, 0.1) is 3.57 Å². The number of para-hydroxylation sites is 1. The number of hydrogen-bond acceptors (Lipinski definition) is 6. The highest BCUT2D eigenvalue weighted by Gasteiger charge is 2.34. The van der Waals surface area contributed by atoms with Crippen LogP contribution < -0.4 is 8.37 Å². The van der Waals surface area contributed by atoms with E-state index in [2.05, 4.69) is 0 Å². The smallest absolute Gasteiger partial charge is 0.343 e. The van der Waals surface area contributed by atoms with Gasteiger partial charge in [0, 0.05) is 3.57 Å². The van der Waals surface area contributed by atoms with Crippen molar-refractivity contribution in [2.24, 2.45) is 0 Å². The van der Waals surface area contributed by atoms with Crippen LogP contribution in [0.3, 0.4) is 0 Å². The van der Waals surface area contributed by atoms with Crippen molar-refractivity contribution in [3.63, 3.8) is 0 Å². The van der Waals surface area contributed by atoms with Crippen molar-refractivity contribution in [2.75, 3.05) is 0 Å². The second-order valence-corrected chi connectivity index (χ2v) is 9.67. The molecular weight excluding hydrogens is 558 g/mol. The van der Waals surface area contributed by atoms with Crippen LogP contribution in [0.4, 0.5) is 0 Å². The first kappa shape index (κ1) is 16.3. The molecule has 2 aromatic rings. The Morgan fingerprint density at radius 3 is 2.18 bits per heavy atom. The van der Waals surface area contributed by atoms with E-state index in [1.165, 1.54) is 30.3 Å². The maximum absolute atomic E-state index is 12.4. The fraction of sp³-hybridized carbons (Fsp3) is 0. The van der Waals surface area contributed by atoms with Gasteiger partial charge in [0.1, 0.15) is 4.90 Å². The molecule has 0 amide bonds. The molecular formula is C12H6I2O6S2. The Kier molecular flexibility index (Phi) is 4.06. The van der Waals surface area contributed by atoms with Gasteiger partial charge in [0.25, 0.3) is 0 Å². The average Bonchev–Trinajstić information content (AvgIpc) is 2.40. The average molecular weight is 564 g/mol. The van der Waals surface area contributed by atoms with E-state index in [0.717, 1.165) is 0 Å². The van der Waals surface area contributed by atoms with Crippen LogP contribution in [0, 0.1) is 7.14 Å². The van der Waals surface area contributed by atoms with Gasteiger partial charge < -0.3 is 8.37 Å². The summed E-state index contributed by atoms with van der Waals surface area (Å²) in [6.07, 6.45) is 0. The Bertz CT molecular complexity index is 983. The van der Waals surface area contributed by atoms with Crippen LogP contribution in [0.5, 0.6) is 11.5 Å². The molecule has 0 radical (unpaired) electrons. The Balaban J connectivity index is 2.38. The van der Waals surface area contributed by atoms with Crippen LogP contribution in [0.2, 0.25) is 0 Å². The summed E-state index contributed by atoms with van der Waals surface area (Å²) >= 11 is 3.75. The third-order valence-corrected chi connectivity index (χ3v) is 6.68. The molecule has 1 aliphatic rings. The van der Waals surface area contributed by atoms with Crippen molar-refractivity contribution in [1.82, 2.24) is 0 Å². The van der Waals surface area contributed by atoms with E-state index >= 15 is 0 Å². The van der Waals surface area contributed by atoms with Gasteiger partial charge in [-0.1, -0.05) is 12.1 Å². The predicted octanol–water partition coefficient (Wildman–Crippen LogP) is 2.74. The zero-order valence-electron chi connectivity index (χ0n) is 10.5. The lowest BCUT2D eigenvalue weighted by Gasteiger charge is -2.19. The van der Waals surface area contributed by atoms with Gasteiger partial charge in [-0.15, -0.1) is 0 Å². The van der Waals surface area contributed by atoms with Gasteiger partial charge >= 0.3 is 20.2 Å². The zero-order chi connectivity index (χ0) is 16.1. The van der Waals surface area contributed by atoms with Gasteiger partial charge in [-0.2, -0.15) is 16.8 Å². The van der Waals surface area contributed by atoms with Crippen LogP contribution in [0.25, 0.3) is 0 Å². The molecule has 1 heterocycles. The molecule has 0 fully saturated rings. The van der Waals surface area contributed by atoms with Crippen molar-refractivity contribution in [3.8, 4) is 11.5 Å². The lowest BCUT2D eigenvalue weighted by molar-refractivity contribution is 0.442. The van der Waals surface area contributed by atoms with Crippen LogP contribution in [-0.2, 0) is 20.2 Å². The molecule has 22 heavy (non-hydrogen) atoms. The normalized spacial score (nSPS) is 17.9. The van der Waals surface area contributed by atoms with E-state index in [1.807, 2.05) is 45.2 Å². The Labute approximate surface area is 154 Å². The minimum Gasteiger partial charge on any atom is -0.377 e. The van der Waals surface area contributed by atoms with E-state index in [4.69, 9.17) is 8.37 Å². The number of fused-ring (bicyclic) bond motifs is 2. The van der Waals surface area contributed by atoms with Gasteiger partial charge in [0.15, 0.2) is 16.4 Å². The Morgan fingerprint density at radius 2 is 1.45 bits per heavy atom. The van der Waals surface area contributed by atoms with Crippen molar-refractivity contribution in [3.05, 3.63) is 43.5 Å². The van der Waals surface area contributed by atoms with Crippen molar-refractivity contribution >= 4 is 65.4 Å². The van der Waals surface area contributed by atoms with E-state index in [0.29, 0.717) is 7.14 Å². The zero-order valence-corrected chi connectivity index (χ0v) is 16.4. The molecule has 0 aromatic heterocycles. The number of benzene rings is 2. The highest BCUT2D eigenvalue weighted by Crippen LogP contribution is 2.39. The van der Waals surface area contributed by atoms with E-state index in [-0.39, 0.29) is 21.3 Å². The van der Waals surface area contributed by atoms with Crippen LogP contribution >= 0.6 is 45.2 Å². The second-order valence-electron chi connectivity index (χ2n) is 4.24. The third-order valence-electron chi connectivity index (χ3n) is 2.75. The molecule has 2 aromatic carbocycles.